The number of aromatic nitrogens is 2. The first-order chi connectivity index (χ1) is 16.2. The van der Waals surface area contributed by atoms with Crippen molar-refractivity contribution in [3.05, 3.63) is 47.3 Å². The smallest absolute Gasteiger partial charge is 0.147 e. The third-order valence-corrected chi connectivity index (χ3v) is 10.8. The Kier molecular flexibility index (Phi) is 6.81. The highest BCUT2D eigenvalue weighted by molar-refractivity contribution is 7.99. The lowest BCUT2D eigenvalue weighted by atomic mass is 9.73. The second-order valence-corrected chi connectivity index (χ2v) is 14.6. The molecule has 5 nitrogen and oxygen atoms in total. The zero-order valence-corrected chi connectivity index (χ0v) is 22.6. The van der Waals surface area contributed by atoms with Crippen molar-refractivity contribution in [3.63, 3.8) is 0 Å². The molecule has 3 aliphatic rings. The van der Waals surface area contributed by atoms with E-state index in [1.165, 1.54) is 36.8 Å². The minimum atomic E-state index is -1.10. The van der Waals surface area contributed by atoms with E-state index in [0.29, 0.717) is 5.25 Å². The summed E-state index contributed by atoms with van der Waals surface area (Å²) in [6.07, 6.45) is 10.5. The maximum Gasteiger partial charge on any atom is 0.147 e. The molecule has 184 valence electrons. The van der Waals surface area contributed by atoms with E-state index in [4.69, 9.17) is 9.97 Å². The van der Waals surface area contributed by atoms with Gasteiger partial charge in [0.15, 0.2) is 0 Å². The van der Waals surface area contributed by atoms with Gasteiger partial charge < -0.3 is 4.90 Å². The molecule has 2 fully saturated rings. The lowest BCUT2D eigenvalue weighted by Gasteiger charge is -2.44. The van der Waals surface area contributed by atoms with Crippen molar-refractivity contribution in [2.75, 3.05) is 18.0 Å². The van der Waals surface area contributed by atoms with Crippen LogP contribution in [0, 0.1) is 12.3 Å². The molecule has 1 N–H and O–H groups in total. The number of nitrogens with one attached hydrogen (secondary N) is 1. The second kappa shape index (κ2) is 9.55. The van der Waals surface area contributed by atoms with Gasteiger partial charge in [-0.05, 0) is 76.3 Å². The summed E-state index contributed by atoms with van der Waals surface area (Å²) < 4.78 is 16.4. The number of rotatable bonds is 5. The number of thioether (sulfide) groups is 1. The van der Waals surface area contributed by atoms with Gasteiger partial charge in [-0.25, -0.2) is 18.9 Å². The number of hydrogen-bond donors (Lipinski definition) is 1. The van der Waals surface area contributed by atoms with Gasteiger partial charge in [-0.1, -0.05) is 37.1 Å². The molecule has 0 bridgehead atoms. The van der Waals surface area contributed by atoms with Gasteiger partial charge in [0.1, 0.15) is 10.8 Å². The van der Waals surface area contributed by atoms with E-state index in [2.05, 4.69) is 40.8 Å². The standard InChI is InChI=1S/C27H38N4OS2/c1-19-25(33-21-10-6-7-11-21)28-18-23(29-19)31-15-13-27(14-16-31)17-20-9-5-8-12-22(20)24(27)30-34(32)26(2,3)4/h5,8-9,12,18,21,24,30H,6-7,10-11,13-17H2,1-4H3/t24-,34-/m1/s1. The largest absolute Gasteiger partial charge is 0.355 e. The Morgan fingerprint density at radius 3 is 2.53 bits per heavy atom. The average Bonchev–Trinajstić information content (AvgIpc) is 3.42. The fourth-order valence-corrected chi connectivity index (χ4v) is 7.96. The number of anilines is 1. The molecule has 2 aliphatic carbocycles. The average molecular weight is 499 g/mol. The van der Waals surface area contributed by atoms with Crippen LogP contribution < -0.4 is 9.62 Å². The van der Waals surface area contributed by atoms with Gasteiger partial charge in [0, 0.05) is 18.3 Å². The number of nitrogens with zero attached hydrogens (tertiary/aromatic N) is 3. The van der Waals surface area contributed by atoms with Gasteiger partial charge in [-0.2, -0.15) is 0 Å². The highest BCUT2D eigenvalue weighted by Gasteiger charge is 2.48. The maximum absolute atomic E-state index is 13.1. The normalized spacial score (nSPS) is 23.4. The molecule has 2 aromatic rings. The molecule has 1 aliphatic heterocycles. The van der Waals surface area contributed by atoms with Crippen molar-refractivity contribution in [1.29, 1.82) is 0 Å². The van der Waals surface area contributed by atoms with Crippen LogP contribution in [-0.4, -0.2) is 37.3 Å². The molecule has 2 heterocycles. The molecular formula is C27H38N4OS2. The van der Waals surface area contributed by atoms with E-state index < -0.39 is 11.0 Å². The van der Waals surface area contributed by atoms with E-state index in [-0.39, 0.29) is 16.2 Å². The minimum Gasteiger partial charge on any atom is -0.355 e. The molecule has 7 heteroatoms. The first kappa shape index (κ1) is 24.3. The Hall–Kier alpha value is -1.44. The van der Waals surface area contributed by atoms with Crippen LogP contribution >= 0.6 is 11.8 Å². The van der Waals surface area contributed by atoms with Gasteiger partial charge >= 0.3 is 0 Å². The molecule has 2 atom stereocenters. The summed E-state index contributed by atoms with van der Waals surface area (Å²) >= 11 is 1.92. The third-order valence-electron chi connectivity index (χ3n) is 7.85. The molecule has 1 spiro atoms. The van der Waals surface area contributed by atoms with Crippen LogP contribution in [0.2, 0.25) is 0 Å². The highest BCUT2D eigenvalue weighted by atomic mass is 32.2. The lowest BCUT2D eigenvalue weighted by Crippen LogP contribution is -2.48. The van der Waals surface area contributed by atoms with Crippen molar-refractivity contribution >= 4 is 28.6 Å². The summed E-state index contributed by atoms with van der Waals surface area (Å²) in [5, 5.41) is 1.81. The number of hydrogen-bond acceptors (Lipinski definition) is 5. The number of fused-ring (bicyclic) bond motifs is 1. The molecule has 1 saturated carbocycles. The lowest BCUT2D eigenvalue weighted by molar-refractivity contribution is 0.177. The van der Waals surface area contributed by atoms with E-state index >= 15 is 0 Å². The van der Waals surface area contributed by atoms with E-state index in [1.807, 2.05) is 38.7 Å². The summed E-state index contributed by atoms with van der Waals surface area (Å²) in [6.45, 7) is 10.1. The first-order valence-electron chi connectivity index (χ1n) is 12.8. The maximum atomic E-state index is 13.1. The predicted octanol–water partition coefficient (Wildman–Crippen LogP) is 5.76. The van der Waals surface area contributed by atoms with Gasteiger partial charge in [0.05, 0.1) is 33.7 Å². The molecular weight excluding hydrogens is 460 g/mol. The van der Waals surface area contributed by atoms with Gasteiger partial charge in [0.25, 0.3) is 0 Å². The predicted molar refractivity (Wildman–Crippen MR) is 143 cm³/mol. The van der Waals surface area contributed by atoms with Gasteiger partial charge in [-0.15, -0.1) is 11.8 Å². The minimum absolute atomic E-state index is 0.0990. The molecule has 1 aromatic heterocycles. The Morgan fingerprint density at radius 1 is 1.15 bits per heavy atom. The summed E-state index contributed by atoms with van der Waals surface area (Å²) in [7, 11) is -1.10. The number of aryl methyl sites for hydroxylation is 1. The molecule has 1 aromatic carbocycles. The fraction of sp³-hybridized carbons (Fsp3) is 0.630. The van der Waals surface area contributed by atoms with Crippen LogP contribution in [0.4, 0.5) is 5.82 Å². The Balaban J connectivity index is 1.31. The zero-order valence-electron chi connectivity index (χ0n) is 21.0. The van der Waals surface area contributed by atoms with Crippen LogP contribution in [0.3, 0.4) is 0 Å². The SMILES string of the molecule is Cc1nc(N2CCC3(CC2)Cc2ccccc2[C@H]3N[S@](=O)C(C)(C)C)cnc1SC1CCCC1. The number of benzene rings is 1. The Labute approximate surface area is 211 Å². The quantitative estimate of drug-likeness (QED) is 0.568. The Bertz CT molecular complexity index is 1050. The van der Waals surface area contributed by atoms with Crippen LogP contribution in [0.15, 0.2) is 35.5 Å². The third kappa shape index (κ3) is 4.80. The molecule has 0 unspecified atom stereocenters. The van der Waals surface area contributed by atoms with Crippen LogP contribution in [0.1, 0.15) is 82.2 Å². The summed E-state index contributed by atoms with van der Waals surface area (Å²) in [6, 6.07) is 8.85. The molecule has 1 saturated heterocycles. The topological polar surface area (TPSA) is 58.1 Å². The van der Waals surface area contributed by atoms with Gasteiger partial charge in [-0.3, -0.25) is 0 Å². The van der Waals surface area contributed by atoms with E-state index in [9.17, 15) is 4.21 Å². The summed E-state index contributed by atoms with van der Waals surface area (Å²) in [4.78, 5) is 12.2. The Morgan fingerprint density at radius 2 is 1.85 bits per heavy atom. The molecule has 34 heavy (non-hydrogen) atoms. The van der Waals surface area contributed by atoms with Crippen molar-refractivity contribution in [2.24, 2.45) is 5.41 Å². The molecule has 5 rings (SSSR count). The second-order valence-electron chi connectivity index (χ2n) is 11.3. The molecule has 0 amide bonds. The van der Waals surface area contributed by atoms with Crippen molar-refractivity contribution in [2.45, 2.75) is 93.7 Å². The monoisotopic (exact) mass is 498 g/mol. The van der Waals surface area contributed by atoms with Crippen LogP contribution in [-0.2, 0) is 17.4 Å². The van der Waals surface area contributed by atoms with Crippen LogP contribution in [0.5, 0.6) is 0 Å². The molecule has 0 radical (unpaired) electrons. The van der Waals surface area contributed by atoms with Gasteiger partial charge in [0.2, 0.25) is 0 Å². The van der Waals surface area contributed by atoms with E-state index in [1.54, 1.807) is 0 Å². The van der Waals surface area contributed by atoms with Crippen molar-refractivity contribution < 1.29 is 4.21 Å². The fourth-order valence-electron chi connectivity index (χ4n) is 5.80. The summed E-state index contributed by atoms with van der Waals surface area (Å²) in [5.41, 5.74) is 3.89. The van der Waals surface area contributed by atoms with Crippen molar-refractivity contribution in [1.82, 2.24) is 14.7 Å². The highest BCUT2D eigenvalue weighted by Crippen LogP contribution is 2.52. The zero-order chi connectivity index (χ0) is 23.9. The van der Waals surface area contributed by atoms with E-state index in [0.717, 1.165) is 48.9 Å². The van der Waals surface area contributed by atoms with Crippen molar-refractivity contribution in [3.8, 4) is 0 Å². The number of piperidine rings is 1. The van der Waals surface area contributed by atoms with Crippen LogP contribution in [0.25, 0.3) is 0 Å². The first-order valence-corrected chi connectivity index (χ1v) is 14.8. The summed E-state index contributed by atoms with van der Waals surface area (Å²) in [5.74, 6) is 1.00.